The Hall–Kier alpha value is -3.15. The molecular formula is C21H22N4O2. The van der Waals surface area contributed by atoms with Crippen molar-refractivity contribution in [2.24, 2.45) is 0 Å². The zero-order valence-corrected chi connectivity index (χ0v) is 15.2. The van der Waals surface area contributed by atoms with Crippen LogP contribution < -0.4 is 15.6 Å². The highest BCUT2D eigenvalue weighted by molar-refractivity contribution is 5.95. The molecule has 27 heavy (non-hydrogen) atoms. The largest absolute Gasteiger partial charge is 0.372 e. The summed E-state index contributed by atoms with van der Waals surface area (Å²) in [5, 5.41) is 10.1. The van der Waals surface area contributed by atoms with Crippen molar-refractivity contribution in [2.75, 3.05) is 18.0 Å². The van der Waals surface area contributed by atoms with Gasteiger partial charge >= 0.3 is 0 Å². The normalized spacial score (nSPS) is 15.1. The number of carbonyl (C=O) groups is 1. The fraction of sp³-hybridized carbons (Fsp3) is 0.286. The molecule has 0 spiro atoms. The molecule has 1 aromatic heterocycles. The molecule has 1 unspecified atom stereocenters. The zero-order chi connectivity index (χ0) is 18.8. The second-order valence-corrected chi connectivity index (χ2v) is 6.93. The molecule has 1 fully saturated rings. The van der Waals surface area contributed by atoms with Crippen molar-refractivity contribution in [1.29, 1.82) is 0 Å². The van der Waals surface area contributed by atoms with E-state index < -0.39 is 5.91 Å². The van der Waals surface area contributed by atoms with Crippen LogP contribution in [0.1, 0.15) is 41.9 Å². The van der Waals surface area contributed by atoms with E-state index in [1.165, 1.54) is 18.5 Å². The van der Waals surface area contributed by atoms with Gasteiger partial charge in [-0.1, -0.05) is 24.3 Å². The molecule has 1 atom stereocenters. The van der Waals surface area contributed by atoms with Gasteiger partial charge in [0, 0.05) is 24.2 Å². The number of hydrogen-bond donors (Lipinski definition) is 2. The number of para-hydroxylation sites is 1. The van der Waals surface area contributed by atoms with Crippen LogP contribution in [0, 0.1) is 0 Å². The molecule has 0 radical (unpaired) electrons. The van der Waals surface area contributed by atoms with Crippen LogP contribution >= 0.6 is 0 Å². The molecular weight excluding hydrogens is 340 g/mol. The molecule has 0 saturated carbocycles. The van der Waals surface area contributed by atoms with Gasteiger partial charge in [0.05, 0.1) is 11.6 Å². The predicted octanol–water partition coefficient (Wildman–Crippen LogP) is 3.01. The van der Waals surface area contributed by atoms with E-state index in [-0.39, 0.29) is 17.2 Å². The highest BCUT2D eigenvalue weighted by Gasteiger charge is 2.19. The summed E-state index contributed by atoms with van der Waals surface area (Å²) < 4.78 is 0. The average Bonchev–Trinajstić information content (AvgIpc) is 3.23. The first kappa shape index (κ1) is 17.3. The van der Waals surface area contributed by atoms with Gasteiger partial charge in [0.25, 0.3) is 5.91 Å². The van der Waals surface area contributed by atoms with Crippen molar-refractivity contribution >= 4 is 22.5 Å². The van der Waals surface area contributed by atoms with E-state index in [1.807, 2.05) is 25.1 Å². The number of fused-ring (bicyclic) bond motifs is 1. The Labute approximate surface area is 157 Å². The third kappa shape index (κ3) is 3.43. The lowest BCUT2D eigenvalue weighted by Crippen LogP contribution is -2.32. The summed E-state index contributed by atoms with van der Waals surface area (Å²) in [5.74, 6) is -0.471. The van der Waals surface area contributed by atoms with E-state index in [9.17, 15) is 9.59 Å². The quantitative estimate of drug-likeness (QED) is 0.748. The van der Waals surface area contributed by atoms with Gasteiger partial charge < -0.3 is 10.2 Å². The lowest BCUT2D eigenvalue weighted by Gasteiger charge is -2.20. The Balaban J connectivity index is 1.55. The Morgan fingerprint density at radius 3 is 2.74 bits per heavy atom. The molecule has 1 saturated heterocycles. The molecule has 2 aromatic carbocycles. The highest BCUT2D eigenvalue weighted by Crippen LogP contribution is 2.24. The first-order valence-electron chi connectivity index (χ1n) is 9.26. The summed E-state index contributed by atoms with van der Waals surface area (Å²) >= 11 is 0. The average molecular weight is 362 g/mol. The summed E-state index contributed by atoms with van der Waals surface area (Å²) in [7, 11) is 0. The Morgan fingerprint density at radius 1 is 1.15 bits per heavy atom. The smallest absolute Gasteiger partial charge is 0.276 e. The summed E-state index contributed by atoms with van der Waals surface area (Å²) in [5.41, 5.74) is 2.32. The zero-order valence-electron chi connectivity index (χ0n) is 15.2. The van der Waals surface area contributed by atoms with Gasteiger partial charge in [-0.2, -0.15) is 5.10 Å². The maximum absolute atomic E-state index is 12.6. The molecule has 2 heterocycles. The minimum absolute atomic E-state index is 0.115. The number of H-pyrrole nitrogens is 1. The van der Waals surface area contributed by atoms with Gasteiger partial charge in [0.15, 0.2) is 5.69 Å². The van der Waals surface area contributed by atoms with Gasteiger partial charge in [-0.25, -0.2) is 0 Å². The van der Waals surface area contributed by atoms with Crippen molar-refractivity contribution in [1.82, 2.24) is 15.5 Å². The van der Waals surface area contributed by atoms with Gasteiger partial charge in [0.1, 0.15) is 0 Å². The molecule has 3 aromatic rings. The molecule has 2 N–H and O–H groups in total. The van der Waals surface area contributed by atoms with Crippen molar-refractivity contribution in [2.45, 2.75) is 25.8 Å². The van der Waals surface area contributed by atoms with Crippen LogP contribution in [-0.4, -0.2) is 29.2 Å². The highest BCUT2D eigenvalue weighted by atomic mass is 16.2. The van der Waals surface area contributed by atoms with Crippen LogP contribution in [0.15, 0.2) is 53.3 Å². The van der Waals surface area contributed by atoms with Gasteiger partial charge in [-0.05, 0) is 49.6 Å². The van der Waals surface area contributed by atoms with Gasteiger partial charge in [-0.15, -0.1) is 0 Å². The molecule has 1 amide bonds. The number of hydrogen-bond acceptors (Lipinski definition) is 4. The van der Waals surface area contributed by atoms with Crippen molar-refractivity contribution in [3.8, 4) is 0 Å². The van der Waals surface area contributed by atoms with Gasteiger partial charge in [-0.3, -0.25) is 14.7 Å². The van der Waals surface area contributed by atoms with Gasteiger partial charge in [0.2, 0.25) is 5.43 Å². The SMILES string of the molecule is CC(NC(=O)c1n[nH]c2ccccc2c1=O)c1cccc(N2CCCC2)c1. The molecule has 1 aliphatic heterocycles. The fourth-order valence-electron chi connectivity index (χ4n) is 3.54. The molecule has 4 rings (SSSR count). The number of anilines is 1. The monoisotopic (exact) mass is 362 g/mol. The second-order valence-electron chi connectivity index (χ2n) is 6.93. The van der Waals surface area contributed by atoms with E-state index in [0.717, 1.165) is 18.7 Å². The predicted molar refractivity (Wildman–Crippen MR) is 106 cm³/mol. The number of benzene rings is 2. The van der Waals surface area contributed by atoms with Crippen LogP contribution in [-0.2, 0) is 0 Å². The van der Waals surface area contributed by atoms with Crippen molar-refractivity contribution < 1.29 is 4.79 Å². The maximum Gasteiger partial charge on any atom is 0.276 e. The third-order valence-electron chi connectivity index (χ3n) is 5.08. The molecule has 138 valence electrons. The van der Waals surface area contributed by atoms with Crippen LogP contribution in [0.3, 0.4) is 0 Å². The third-order valence-corrected chi connectivity index (χ3v) is 5.08. The number of nitrogens with one attached hydrogen (secondary N) is 2. The Morgan fingerprint density at radius 2 is 1.93 bits per heavy atom. The number of rotatable bonds is 4. The van der Waals surface area contributed by atoms with E-state index in [2.05, 4.69) is 32.5 Å². The number of nitrogens with zero attached hydrogens (tertiary/aromatic N) is 2. The number of aromatic amines is 1. The Bertz CT molecular complexity index is 1040. The van der Waals surface area contributed by atoms with E-state index in [0.29, 0.717) is 10.9 Å². The lowest BCUT2D eigenvalue weighted by molar-refractivity contribution is 0.0933. The fourth-order valence-corrected chi connectivity index (χ4v) is 3.54. The summed E-state index contributed by atoms with van der Waals surface area (Å²) in [6.07, 6.45) is 2.43. The molecule has 6 nitrogen and oxygen atoms in total. The van der Waals surface area contributed by atoms with Crippen LogP contribution in [0.2, 0.25) is 0 Å². The van der Waals surface area contributed by atoms with E-state index in [4.69, 9.17) is 0 Å². The first-order chi connectivity index (χ1) is 13.1. The summed E-state index contributed by atoms with van der Waals surface area (Å²) in [6, 6.07) is 15.0. The van der Waals surface area contributed by atoms with Crippen LogP contribution in [0.5, 0.6) is 0 Å². The summed E-state index contributed by atoms with van der Waals surface area (Å²) in [4.78, 5) is 27.6. The standard InChI is InChI=1S/C21H22N4O2/c1-14(15-7-6-8-16(13-15)25-11-4-5-12-25)22-21(27)19-20(26)17-9-2-3-10-18(17)23-24-19/h2-3,6-10,13-14H,4-5,11-12H2,1H3,(H,22,27)(H,23,26). The van der Waals surface area contributed by atoms with E-state index in [1.54, 1.807) is 18.2 Å². The minimum atomic E-state index is -0.471. The molecule has 1 aliphatic rings. The summed E-state index contributed by atoms with van der Waals surface area (Å²) in [6.45, 7) is 4.05. The first-order valence-corrected chi connectivity index (χ1v) is 9.26. The number of aromatic nitrogens is 2. The van der Waals surface area contributed by atoms with Crippen LogP contribution in [0.25, 0.3) is 10.9 Å². The topological polar surface area (TPSA) is 78.1 Å². The van der Waals surface area contributed by atoms with Crippen molar-refractivity contribution in [3.63, 3.8) is 0 Å². The maximum atomic E-state index is 12.6. The molecule has 6 heteroatoms. The number of amides is 1. The lowest BCUT2D eigenvalue weighted by atomic mass is 10.1. The minimum Gasteiger partial charge on any atom is -0.372 e. The molecule has 0 aliphatic carbocycles. The van der Waals surface area contributed by atoms with Crippen LogP contribution in [0.4, 0.5) is 5.69 Å². The van der Waals surface area contributed by atoms with E-state index >= 15 is 0 Å². The van der Waals surface area contributed by atoms with Crippen molar-refractivity contribution in [3.05, 3.63) is 70.0 Å². The molecule has 0 bridgehead atoms. The Kier molecular flexibility index (Phi) is 4.62. The second kappa shape index (κ2) is 7.23. The number of carbonyl (C=O) groups excluding carboxylic acids is 1.